The maximum absolute atomic E-state index is 5.87. The van der Waals surface area contributed by atoms with Gasteiger partial charge in [0.1, 0.15) is 0 Å². The van der Waals surface area contributed by atoms with Gasteiger partial charge in [-0.3, -0.25) is 0 Å². The molecule has 0 fully saturated rings. The highest BCUT2D eigenvalue weighted by molar-refractivity contribution is 6.66. The molecule has 0 aromatic rings. The third-order valence-corrected chi connectivity index (χ3v) is 6.75. The zero-order valence-electron chi connectivity index (χ0n) is 14.8. The second kappa shape index (κ2) is 15.0. The Morgan fingerprint density at radius 3 is 1.90 bits per heavy atom. The molecule has 0 aromatic carbocycles. The van der Waals surface area contributed by atoms with Gasteiger partial charge in [-0.2, -0.15) is 0 Å². The maximum Gasteiger partial charge on any atom is 0.334 e. The molecule has 4 nitrogen and oxygen atoms in total. The molecule has 0 aliphatic rings. The summed E-state index contributed by atoms with van der Waals surface area (Å²) in [6, 6.07) is 1.14. The normalized spacial score (nSPS) is 12.0. The van der Waals surface area contributed by atoms with Crippen LogP contribution in [0.15, 0.2) is 0 Å². The zero-order valence-corrected chi connectivity index (χ0v) is 15.8. The minimum Gasteiger partial charge on any atom is -0.395 e. The number of hydrogen-bond donors (Lipinski definition) is 2. The molecular weight excluding hydrogens is 280 g/mol. The first-order valence-corrected chi connectivity index (χ1v) is 11.3. The van der Waals surface area contributed by atoms with E-state index in [0.717, 1.165) is 38.9 Å². The van der Waals surface area contributed by atoms with Crippen molar-refractivity contribution >= 4 is 8.56 Å². The van der Waals surface area contributed by atoms with Crippen LogP contribution in [0, 0.1) is 0 Å². The van der Waals surface area contributed by atoms with Crippen LogP contribution >= 0.6 is 0 Å². The van der Waals surface area contributed by atoms with Gasteiger partial charge in [0.2, 0.25) is 0 Å². The fraction of sp³-hybridized carbons (Fsp3) is 1.00. The van der Waals surface area contributed by atoms with Gasteiger partial charge in [-0.15, -0.1) is 0 Å². The Bertz CT molecular complexity index is 212. The molecule has 0 atom stereocenters. The minimum atomic E-state index is -1.86. The molecule has 0 spiro atoms. The summed E-state index contributed by atoms with van der Waals surface area (Å²) in [5.41, 5.74) is 0. The van der Waals surface area contributed by atoms with E-state index >= 15 is 0 Å². The first-order valence-electron chi connectivity index (χ1n) is 8.81. The summed E-state index contributed by atoms with van der Waals surface area (Å²) in [5.74, 6) is 0. The standard InChI is InChI=1S/C16H38N2O2Si/c1-5-19-21(4,20-6-2)16-12-10-8-7-9-11-13-18-15-14-17-3/h17-18H,5-16H2,1-4H3. The predicted molar refractivity (Wildman–Crippen MR) is 94.2 cm³/mol. The van der Waals surface area contributed by atoms with Gasteiger partial charge < -0.3 is 19.5 Å². The summed E-state index contributed by atoms with van der Waals surface area (Å²) in [7, 11) is 0.133. The lowest BCUT2D eigenvalue weighted by Gasteiger charge is -2.25. The largest absolute Gasteiger partial charge is 0.395 e. The lowest BCUT2D eigenvalue weighted by atomic mass is 10.1. The fourth-order valence-electron chi connectivity index (χ4n) is 2.54. The van der Waals surface area contributed by atoms with Crippen LogP contribution in [0.4, 0.5) is 0 Å². The van der Waals surface area contributed by atoms with Crippen LogP contribution in [0.25, 0.3) is 0 Å². The van der Waals surface area contributed by atoms with Crippen molar-refractivity contribution in [2.75, 3.05) is 39.9 Å². The monoisotopic (exact) mass is 318 g/mol. The van der Waals surface area contributed by atoms with Crippen LogP contribution in [0.2, 0.25) is 12.6 Å². The SMILES string of the molecule is CCO[Si](C)(CCCCCCCCNCCNC)OCC. The molecule has 0 heterocycles. The van der Waals surface area contributed by atoms with Gasteiger partial charge in [0.15, 0.2) is 0 Å². The van der Waals surface area contributed by atoms with E-state index in [1.807, 2.05) is 7.05 Å². The summed E-state index contributed by atoms with van der Waals surface area (Å²) in [6.45, 7) is 11.2. The Morgan fingerprint density at radius 1 is 0.762 bits per heavy atom. The average molecular weight is 319 g/mol. The molecule has 0 aromatic heterocycles. The van der Waals surface area contributed by atoms with E-state index in [0.29, 0.717) is 0 Å². The molecule has 21 heavy (non-hydrogen) atoms. The van der Waals surface area contributed by atoms with Crippen molar-refractivity contribution < 1.29 is 8.85 Å². The number of unbranched alkanes of at least 4 members (excludes halogenated alkanes) is 5. The van der Waals surface area contributed by atoms with Crippen LogP contribution in [0.3, 0.4) is 0 Å². The molecule has 5 heteroatoms. The lowest BCUT2D eigenvalue weighted by molar-refractivity contribution is 0.188. The van der Waals surface area contributed by atoms with Crippen molar-refractivity contribution in [3.8, 4) is 0 Å². The van der Waals surface area contributed by atoms with E-state index in [4.69, 9.17) is 8.85 Å². The predicted octanol–water partition coefficient (Wildman–Crippen LogP) is 3.28. The first-order chi connectivity index (χ1) is 10.2. The summed E-state index contributed by atoms with van der Waals surface area (Å²) < 4.78 is 11.7. The third-order valence-electron chi connectivity index (χ3n) is 3.69. The van der Waals surface area contributed by atoms with Crippen molar-refractivity contribution in [3.05, 3.63) is 0 Å². The quantitative estimate of drug-likeness (QED) is 0.338. The molecule has 2 N–H and O–H groups in total. The minimum absolute atomic E-state index is 0.781. The van der Waals surface area contributed by atoms with Gasteiger partial charge in [0.05, 0.1) is 0 Å². The highest BCUT2D eigenvalue weighted by Gasteiger charge is 2.29. The molecule has 0 aliphatic heterocycles. The molecule has 0 amide bonds. The topological polar surface area (TPSA) is 42.5 Å². The van der Waals surface area contributed by atoms with Crippen LogP contribution in [0.5, 0.6) is 0 Å². The van der Waals surface area contributed by atoms with Crippen molar-refractivity contribution in [2.45, 2.75) is 65.0 Å². The third kappa shape index (κ3) is 13.4. The van der Waals surface area contributed by atoms with Gasteiger partial charge in [0.25, 0.3) is 0 Å². The molecule has 0 radical (unpaired) electrons. The van der Waals surface area contributed by atoms with Crippen molar-refractivity contribution in [1.82, 2.24) is 10.6 Å². The van der Waals surface area contributed by atoms with Crippen molar-refractivity contribution in [1.29, 1.82) is 0 Å². The molecule has 0 bridgehead atoms. The Morgan fingerprint density at radius 2 is 1.33 bits per heavy atom. The van der Waals surface area contributed by atoms with Crippen LogP contribution in [0.1, 0.15) is 52.4 Å². The molecule has 0 saturated heterocycles. The van der Waals surface area contributed by atoms with Crippen LogP contribution < -0.4 is 10.6 Å². The van der Waals surface area contributed by atoms with Crippen LogP contribution in [-0.2, 0) is 8.85 Å². The Hall–Kier alpha value is 0.0569. The molecular formula is C16H38N2O2Si. The Kier molecular flexibility index (Phi) is 15.0. The van der Waals surface area contributed by atoms with E-state index in [1.165, 1.54) is 38.5 Å². The molecule has 0 unspecified atom stereocenters. The highest BCUT2D eigenvalue weighted by Crippen LogP contribution is 2.18. The molecule has 128 valence electrons. The Balaban J connectivity index is 3.37. The number of nitrogens with one attached hydrogen (secondary N) is 2. The van der Waals surface area contributed by atoms with Gasteiger partial charge in [-0.1, -0.05) is 32.1 Å². The van der Waals surface area contributed by atoms with Gasteiger partial charge in [-0.05, 0) is 46.5 Å². The first kappa shape index (κ1) is 21.1. The van der Waals surface area contributed by atoms with E-state index in [-0.39, 0.29) is 0 Å². The number of hydrogen-bond acceptors (Lipinski definition) is 4. The summed E-state index contributed by atoms with van der Waals surface area (Å²) >= 11 is 0. The molecule has 0 saturated carbocycles. The number of likely N-dealkylation sites (N-methyl/N-ethyl adjacent to an activating group) is 1. The fourth-order valence-corrected chi connectivity index (χ4v) is 5.02. The van der Waals surface area contributed by atoms with Gasteiger partial charge in [-0.25, -0.2) is 0 Å². The summed E-state index contributed by atoms with van der Waals surface area (Å²) in [5, 5.41) is 6.59. The maximum atomic E-state index is 5.87. The summed E-state index contributed by atoms with van der Waals surface area (Å²) in [6.07, 6.45) is 7.92. The summed E-state index contributed by atoms with van der Waals surface area (Å²) in [4.78, 5) is 0. The molecule has 0 aliphatic carbocycles. The second-order valence-electron chi connectivity index (χ2n) is 5.72. The van der Waals surface area contributed by atoms with Crippen molar-refractivity contribution in [3.63, 3.8) is 0 Å². The van der Waals surface area contributed by atoms with Crippen molar-refractivity contribution in [2.24, 2.45) is 0 Å². The van der Waals surface area contributed by atoms with E-state index < -0.39 is 8.56 Å². The highest BCUT2D eigenvalue weighted by atomic mass is 28.4. The smallest absolute Gasteiger partial charge is 0.334 e. The Labute approximate surface area is 133 Å². The van der Waals surface area contributed by atoms with E-state index in [1.54, 1.807) is 0 Å². The van der Waals surface area contributed by atoms with Crippen LogP contribution in [-0.4, -0.2) is 48.5 Å². The molecule has 0 rings (SSSR count). The lowest BCUT2D eigenvalue weighted by Crippen LogP contribution is -2.38. The van der Waals surface area contributed by atoms with Gasteiger partial charge >= 0.3 is 8.56 Å². The van der Waals surface area contributed by atoms with Gasteiger partial charge in [0, 0.05) is 26.3 Å². The second-order valence-corrected chi connectivity index (χ2v) is 9.07. The van der Waals surface area contributed by atoms with E-state index in [2.05, 4.69) is 31.0 Å². The number of rotatable bonds is 16. The van der Waals surface area contributed by atoms with E-state index in [9.17, 15) is 0 Å². The zero-order chi connectivity index (χ0) is 15.8. The average Bonchev–Trinajstić information content (AvgIpc) is 2.45.